The number of benzene rings is 3. The number of anilines is 1. The summed E-state index contributed by atoms with van der Waals surface area (Å²) in [5.41, 5.74) is 3.95. The first-order valence-corrected chi connectivity index (χ1v) is 10.5. The highest BCUT2D eigenvalue weighted by Crippen LogP contribution is 2.43. The Balaban J connectivity index is 1.98. The van der Waals surface area contributed by atoms with Crippen LogP contribution in [0.1, 0.15) is 33.9 Å². The Morgan fingerprint density at radius 1 is 0.939 bits per heavy atom. The van der Waals surface area contributed by atoms with Gasteiger partial charge in [-0.3, -0.25) is 14.5 Å². The van der Waals surface area contributed by atoms with E-state index in [9.17, 15) is 19.8 Å². The molecule has 33 heavy (non-hydrogen) atoms. The van der Waals surface area contributed by atoms with Gasteiger partial charge in [-0.2, -0.15) is 0 Å². The first-order valence-electron chi connectivity index (χ1n) is 10.5. The normalized spacial score (nSPS) is 17.5. The summed E-state index contributed by atoms with van der Waals surface area (Å²) in [6.07, 6.45) is 0. The number of ketones is 1. The van der Waals surface area contributed by atoms with Crippen LogP contribution >= 0.6 is 0 Å². The highest BCUT2D eigenvalue weighted by Gasteiger charge is 2.47. The van der Waals surface area contributed by atoms with Gasteiger partial charge in [0.05, 0.1) is 18.7 Å². The average Bonchev–Trinajstić information content (AvgIpc) is 3.06. The third-order valence-corrected chi connectivity index (χ3v) is 5.94. The van der Waals surface area contributed by atoms with E-state index in [-0.39, 0.29) is 17.1 Å². The van der Waals surface area contributed by atoms with Gasteiger partial charge >= 0.3 is 0 Å². The molecule has 1 aliphatic rings. The van der Waals surface area contributed by atoms with E-state index in [0.717, 1.165) is 11.1 Å². The molecule has 0 aromatic heterocycles. The van der Waals surface area contributed by atoms with Gasteiger partial charge in [-0.25, -0.2) is 0 Å². The number of hydrogen-bond acceptors (Lipinski definition) is 5. The van der Waals surface area contributed by atoms with Crippen molar-refractivity contribution in [3.05, 3.63) is 94.1 Å². The largest absolute Gasteiger partial charge is 0.508 e. The number of aryl methyl sites for hydroxylation is 3. The molecule has 0 saturated carbocycles. The van der Waals surface area contributed by atoms with Gasteiger partial charge < -0.3 is 14.9 Å². The van der Waals surface area contributed by atoms with Crippen molar-refractivity contribution in [1.82, 2.24) is 0 Å². The number of phenolic OH excluding ortho intramolecular Hbond substituents is 1. The lowest BCUT2D eigenvalue weighted by Gasteiger charge is -2.26. The topological polar surface area (TPSA) is 87.1 Å². The first kappa shape index (κ1) is 22.1. The molecule has 4 rings (SSSR count). The molecular weight excluding hydrogens is 418 g/mol. The standard InChI is InChI=1S/C27H25NO5/c1-15-8-10-19(11-9-15)28-24(18-6-5-7-20(29)14-18)23(26(31)27(28)32)25(30)21-12-17(3)22(33-4)13-16(21)2/h5-14,24,29-30H,1-4H3/b25-23+. The molecule has 0 bridgehead atoms. The number of hydrogen-bond donors (Lipinski definition) is 2. The smallest absolute Gasteiger partial charge is 0.300 e. The minimum absolute atomic E-state index is 0.00142. The molecule has 0 radical (unpaired) electrons. The molecule has 1 amide bonds. The fourth-order valence-electron chi connectivity index (χ4n) is 4.22. The van der Waals surface area contributed by atoms with Crippen LogP contribution in [0, 0.1) is 20.8 Å². The van der Waals surface area contributed by atoms with E-state index in [2.05, 4.69) is 0 Å². The third kappa shape index (κ3) is 3.84. The van der Waals surface area contributed by atoms with E-state index < -0.39 is 17.7 Å². The van der Waals surface area contributed by atoms with Crippen molar-refractivity contribution >= 4 is 23.1 Å². The number of amides is 1. The maximum atomic E-state index is 13.3. The maximum Gasteiger partial charge on any atom is 0.300 e. The number of aliphatic hydroxyl groups is 1. The molecule has 1 atom stereocenters. The van der Waals surface area contributed by atoms with Crippen LogP contribution in [-0.4, -0.2) is 29.0 Å². The number of phenols is 1. The summed E-state index contributed by atoms with van der Waals surface area (Å²) in [4.78, 5) is 27.8. The van der Waals surface area contributed by atoms with E-state index in [1.807, 2.05) is 26.0 Å². The molecule has 6 nitrogen and oxygen atoms in total. The summed E-state index contributed by atoms with van der Waals surface area (Å²) >= 11 is 0. The Morgan fingerprint density at radius 3 is 2.27 bits per heavy atom. The van der Waals surface area contributed by atoms with Crippen LogP contribution in [0.3, 0.4) is 0 Å². The fraction of sp³-hybridized carbons (Fsp3) is 0.185. The quantitative estimate of drug-likeness (QED) is 0.338. The van der Waals surface area contributed by atoms with Gasteiger partial charge in [-0.05, 0) is 73.9 Å². The maximum absolute atomic E-state index is 13.3. The zero-order chi connectivity index (χ0) is 23.9. The summed E-state index contributed by atoms with van der Waals surface area (Å²) in [5.74, 6) is -1.13. The molecule has 1 aliphatic heterocycles. The van der Waals surface area contributed by atoms with Gasteiger partial charge in [-0.1, -0.05) is 29.8 Å². The number of carbonyl (C=O) groups is 2. The third-order valence-electron chi connectivity index (χ3n) is 5.94. The Hall–Kier alpha value is -4.06. The summed E-state index contributed by atoms with van der Waals surface area (Å²) in [5, 5.41) is 21.5. The summed E-state index contributed by atoms with van der Waals surface area (Å²) < 4.78 is 5.36. The number of aliphatic hydroxyl groups excluding tert-OH is 1. The summed E-state index contributed by atoms with van der Waals surface area (Å²) in [7, 11) is 1.57. The summed E-state index contributed by atoms with van der Waals surface area (Å²) in [6.45, 7) is 5.57. The predicted molar refractivity (Wildman–Crippen MR) is 127 cm³/mol. The van der Waals surface area contributed by atoms with Gasteiger partial charge in [0.1, 0.15) is 17.3 Å². The number of rotatable bonds is 4. The van der Waals surface area contributed by atoms with Crippen molar-refractivity contribution < 1.29 is 24.5 Å². The van der Waals surface area contributed by atoms with Crippen molar-refractivity contribution in [2.45, 2.75) is 26.8 Å². The van der Waals surface area contributed by atoms with E-state index in [4.69, 9.17) is 4.74 Å². The van der Waals surface area contributed by atoms with Crippen LogP contribution in [0.5, 0.6) is 11.5 Å². The number of carbonyl (C=O) groups excluding carboxylic acids is 2. The van der Waals surface area contributed by atoms with Crippen molar-refractivity contribution in [3.8, 4) is 11.5 Å². The minimum Gasteiger partial charge on any atom is -0.508 e. The fourth-order valence-corrected chi connectivity index (χ4v) is 4.22. The second-order valence-corrected chi connectivity index (χ2v) is 8.24. The number of aromatic hydroxyl groups is 1. The molecule has 2 N–H and O–H groups in total. The van der Waals surface area contributed by atoms with Gasteiger partial charge in [0.2, 0.25) is 0 Å². The molecule has 1 fully saturated rings. The molecular formula is C27H25NO5. The van der Waals surface area contributed by atoms with Crippen LogP contribution in [0.2, 0.25) is 0 Å². The van der Waals surface area contributed by atoms with Crippen LogP contribution < -0.4 is 9.64 Å². The second kappa shape index (κ2) is 8.47. The van der Waals surface area contributed by atoms with Gasteiger partial charge in [-0.15, -0.1) is 0 Å². The second-order valence-electron chi connectivity index (χ2n) is 8.24. The van der Waals surface area contributed by atoms with Crippen molar-refractivity contribution in [3.63, 3.8) is 0 Å². The predicted octanol–water partition coefficient (Wildman–Crippen LogP) is 4.95. The summed E-state index contributed by atoms with van der Waals surface area (Å²) in [6, 6.07) is 16.2. The zero-order valence-corrected chi connectivity index (χ0v) is 18.9. The number of methoxy groups -OCH3 is 1. The van der Waals surface area contributed by atoms with Crippen molar-refractivity contribution in [1.29, 1.82) is 0 Å². The molecule has 6 heteroatoms. The van der Waals surface area contributed by atoms with Crippen LogP contribution in [0.25, 0.3) is 5.76 Å². The molecule has 0 aliphatic carbocycles. The van der Waals surface area contributed by atoms with Crippen molar-refractivity contribution in [2.24, 2.45) is 0 Å². The lowest BCUT2D eigenvalue weighted by atomic mass is 9.93. The molecule has 1 unspecified atom stereocenters. The van der Waals surface area contributed by atoms with Gasteiger partial charge in [0, 0.05) is 11.3 Å². The Morgan fingerprint density at radius 2 is 1.64 bits per heavy atom. The van der Waals surface area contributed by atoms with E-state index in [1.54, 1.807) is 50.4 Å². The van der Waals surface area contributed by atoms with Crippen molar-refractivity contribution in [2.75, 3.05) is 12.0 Å². The van der Waals surface area contributed by atoms with E-state index in [0.29, 0.717) is 28.1 Å². The monoisotopic (exact) mass is 443 g/mol. The van der Waals surface area contributed by atoms with E-state index >= 15 is 0 Å². The molecule has 0 spiro atoms. The molecule has 1 saturated heterocycles. The minimum atomic E-state index is -0.901. The number of nitrogens with zero attached hydrogens (tertiary/aromatic N) is 1. The molecule has 3 aromatic rings. The Kier molecular flexibility index (Phi) is 5.68. The SMILES string of the molecule is COc1cc(C)c(/C(O)=C2\C(=O)C(=O)N(c3ccc(C)cc3)C2c2cccc(O)c2)cc1C. The van der Waals surface area contributed by atoms with Crippen LogP contribution in [0.4, 0.5) is 5.69 Å². The highest BCUT2D eigenvalue weighted by atomic mass is 16.5. The number of ether oxygens (including phenoxy) is 1. The lowest BCUT2D eigenvalue weighted by Crippen LogP contribution is -2.29. The number of Topliss-reactive ketones (excluding diaryl/α,β-unsaturated/α-hetero) is 1. The first-order chi connectivity index (χ1) is 15.7. The molecule has 168 valence electrons. The zero-order valence-electron chi connectivity index (χ0n) is 18.9. The Bertz CT molecular complexity index is 1290. The molecule has 3 aromatic carbocycles. The average molecular weight is 443 g/mol. The van der Waals surface area contributed by atoms with Gasteiger partial charge in [0.25, 0.3) is 11.7 Å². The highest BCUT2D eigenvalue weighted by molar-refractivity contribution is 6.51. The van der Waals surface area contributed by atoms with E-state index in [1.165, 1.54) is 17.0 Å². The molecule has 1 heterocycles. The van der Waals surface area contributed by atoms with Gasteiger partial charge in [0.15, 0.2) is 0 Å². The van der Waals surface area contributed by atoms with Crippen LogP contribution in [0.15, 0.2) is 66.2 Å². The lowest BCUT2D eigenvalue weighted by molar-refractivity contribution is -0.132. The van der Waals surface area contributed by atoms with Crippen LogP contribution in [-0.2, 0) is 9.59 Å². The Labute approximate surface area is 192 Å².